The van der Waals surface area contributed by atoms with Crippen molar-refractivity contribution in [2.75, 3.05) is 0 Å². The number of carbonyl (C=O) groups is 1. The van der Waals surface area contributed by atoms with E-state index in [1.54, 1.807) is 0 Å². The molecular weight excluding hydrogens is 222 g/mol. The van der Waals surface area contributed by atoms with Gasteiger partial charge in [-0.2, -0.15) is 0 Å². The maximum absolute atomic E-state index is 12.4. The number of para-hydroxylation sites is 1. The second-order valence-electron chi connectivity index (χ2n) is 4.41. The Bertz CT molecular complexity index is 692. The molecule has 1 aromatic heterocycles. The predicted molar refractivity (Wildman–Crippen MR) is 72.9 cm³/mol. The lowest BCUT2D eigenvalue weighted by Crippen LogP contribution is -2.03. The fourth-order valence-corrected chi connectivity index (χ4v) is 2.17. The molecule has 0 atom stereocenters. The number of ketones is 1. The Morgan fingerprint density at radius 2 is 1.72 bits per heavy atom. The van der Waals surface area contributed by atoms with Crippen molar-refractivity contribution in [3.05, 3.63) is 71.4 Å². The number of aromatic nitrogens is 1. The van der Waals surface area contributed by atoms with E-state index in [4.69, 9.17) is 0 Å². The van der Waals surface area contributed by atoms with Crippen molar-refractivity contribution >= 4 is 16.7 Å². The molecule has 0 amide bonds. The third-order valence-corrected chi connectivity index (χ3v) is 3.16. The molecule has 0 saturated heterocycles. The van der Waals surface area contributed by atoms with Gasteiger partial charge in [-0.15, -0.1) is 0 Å². The maximum atomic E-state index is 12.4. The highest BCUT2D eigenvalue weighted by Gasteiger charge is 2.13. The molecule has 0 radical (unpaired) electrons. The van der Waals surface area contributed by atoms with Crippen molar-refractivity contribution in [1.82, 2.24) is 4.98 Å². The van der Waals surface area contributed by atoms with Crippen LogP contribution in [0.5, 0.6) is 0 Å². The summed E-state index contributed by atoms with van der Waals surface area (Å²) in [7, 11) is 0. The van der Waals surface area contributed by atoms with Gasteiger partial charge in [-0.1, -0.05) is 42.5 Å². The Labute approximate surface area is 105 Å². The van der Waals surface area contributed by atoms with Gasteiger partial charge >= 0.3 is 0 Å². The molecule has 2 heteroatoms. The molecule has 3 aromatic rings. The smallest absolute Gasteiger partial charge is 0.209 e. The fraction of sp³-hybridized carbons (Fsp3) is 0.0625. The molecular formula is C16H13NO. The molecule has 3 rings (SSSR count). The standard InChI is InChI=1S/C16H13NO/c1-11-6-2-4-8-13(11)16(18)15-10-12-7-3-5-9-14(12)17-15/h2-10,17H,1H3. The fourth-order valence-electron chi connectivity index (χ4n) is 2.17. The number of carbonyl (C=O) groups excluding carboxylic acids is 1. The van der Waals surface area contributed by atoms with Crippen LogP contribution in [0.3, 0.4) is 0 Å². The van der Waals surface area contributed by atoms with E-state index in [1.807, 2.05) is 61.5 Å². The molecule has 0 bridgehead atoms. The first kappa shape index (κ1) is 10.8. The monoisotopic (exact) mass is 235 g/mol. The Morgan fingerprint density at radius 3 is 2.50 bits per heavy atom. The highest BCUT2D eigenvalue weighted by atomic mass is 16.1. The van der Waals surface area contributed by atoms with E-state index < -0.39 is 0 Å². The molecule has 2 nitrogen and oxygen atoms in total. The summed E-state index contributed by atoms with van der Waals surface area (Å²) in [4.78, 5) is 15.6. The summed E-state index contributed by atoms with van der Waals surface area (Å²) < 4.78 is 0. The Kier molecular flexibility index (Phi) is 2.49. The van der Waals surface area contributed by atoms with Gasteiger partial charge in [-0.3, -0.25) is 4.79 Å². The number of H-pyrrole nitrogens is 1. The lowest BCUT2D eigenvalue weighted by atomic mass is 10.0. The lowest BCUT2D eigenvalue weighted by molar-refractivity contribution is 0.103. The van der Waals surface area contributed by atoms with Crippen LogP contribution < -0.4 is 0 Å². The first-order valence-corrected chi connectivity index (χ1v) is 5.94. The third kappa shape index (κ3) is 1.72. The molecule has 18 heavy (non-hydrogen) atoms. The highest BCUT2D eigenvalue weighted by molar-refractivity contribution is 6.10. The number of aryl methyl sites for hydroxylation is 1. The van der Waals surface area contributed by atoms with Crippen LogP contribution in [0, 0.1) is 6.92 Å². The molecule has 1 N–H and O–H groups in total. The summed E-state index contributed by atoms with van der Waals surface area (Å²) in [5.41, 5.74) is 3.39. The number of rotatable bonds is 2. The Balaban J connectivity index is 2.10. The van der Waals surface area contributed by atoms with E-state index in [0.717, 1.165) is 22.0 Å². The van der Waals surface area contributed by atoms with Crippen molar-refractivity contribution in [2.24, 2.45) is 0 Å². The number of nitrogens with one attached hydrogen (secondary N) is 1. The van der Waals surface area contributed by atoms with Crippen molar-refractivity contribution in [3.8, 4) is 0 Å². The molecule has 1 heterocycles. The molecule has 0 fully saturated rings. The lowest BCUT2D eigenvalue weighted by Gasteiger charge is -2.02. The van der Waals surface area contributed by atoms with Gasteiger partial charge in [0.15, 0.2) is 0 Å². The third-order valence-electron chi connectivity index (χ3n) is 3.16. The molecule has 0 saturated carbocycles. The molecule has 0 spiro atoms. The van der Waals surface area contributed by atoms with E-state index >= 15 is 0 Å². The van der Waals surface area contributed by atoms with Crippen LogP contribution >= 0.6 is 0 Å². The number of aromatic amines is 1. The zero-order valence-corrected chi connectivity index (χ0v) is 10.1. The van der Waals surface area contributed by atoms with Gasteiger partial charge in [0.05, 0.1) is 5.69 Å². The van der Waals surface area contributed by atoms with Gasteiger partial charge in [0.2, 0.25) is 5.78 Å². The van der Waals surface area contributed by atoms with Gasteiger partial charge in [0.25, 0.3) is 0 Å². The minimum atomic E-state index is 0.0456. The molecule has 0 aliphatic carbocycles. The quantitative estimate of drug-likeness (QED) is 0.675. The van der Waals surface area contributed by atoms with Crippen LogP contribution in [0.4, 0.5) is 0 Å². The second-order valence-corrected chi connectivity index (χ2v) is 4.41. The molecule has 2 aromatic carbocycles. The first-order valence-electron chi connectivity index (χ1n) is 5.94. The zero-order valence-electron chi connectivity index (χ0n) is 10.1. The summed E-state index contributed by atoms with van der Waals surface area (Å²) >= 11 is 0. The van der Waals surface area contributed by atoms with Crippen molar-refractivity contribution in [1.29, 1.82) is 0 Å². The average Bonchev–Trinajstić information content (AvgIpc) is 2.82. The second kappa shape index (κ2) is 4.15. The topological polar surface area (TPSA) is 32.9 Å². The Morgan fingerprint density at radius 1 is 1.00 bits per heavy atom. The molecule has 0 aliphatic rings. The molecule has 0 unspecified atom stereocenters. The summed E-state index contributed by atoms with van der Waals surface area (Å²) in [6, 6.07) is 17.5. The van der Waals surface area contributed by atoms with Gasteiger partial charge in [0, 0.05) is 16.5 Å². The van der Waals surface area contributed by atoms with Crippen molar-refractivity contribution in [2.45, 2.75) is 6.92 Å². The summed E-state index contributed by atoms with van der Waals surface area (Å²) in [6.07, 6.45) is 0. The normalized spacial score (nSPS) is 10.7. The molecule has 0 aliphatic heterocycles. The van der Waals surface area contributed by atoms with Crippen LogP contribution in [0.1, 0.15) is 21.6 Å². The average molecular weight is 235 g/mol. The summed E-state index contributed by atoms with van der Waals surface area (Å²) in [5.74, 6) is 0.0456. The van der Waals surface area contributed by atoms with E-state index in [2.05, 4.69) is 4.98 Å². The number of hydrogen-bond acceptors (Lipinski definition) is 1. The zero-order chi connectivity index (χ0) is 12.5. The van der Waals surface area contributed by atoms with Crippen molar-refractivity contribution < 1.29 is 4.79 Å². The van der Waals surface area contributed by atoms with E-state index in [-0.39, 0.29) is 5.78 Å². The predicted octanol–water partition coefficient (Wildman–Crippen LogP) is 3.71. The highest BCUT2D eigenvalue weighted by Crippen LogP contribution is 2.18. The van der Waals surface area contributed by atoms with Crippen molar-refractivity contribution in [3.63, 3.8) is 0 Å². The van der Waals surface area contributed by atoms with Crippen LogP contribution in [0.2, 0.25) is 0 Å². The van der Waals surface area contributed by atoms with Gasteiger partial charge < -0.3 is 4.98 Å². The van der Waals surface area contributed by atoms with Gasteiger partial charge in [-0.25, -0.2) is 0 Å². The number of hydrogen-bond donors (Lipinski definition) is 1. The minimum Gasteiger partial charge on any atom is -0.352 e. The minimum absolute atomic E-state index is 0.0456. The Hall–Kier alpha value is -2.35. The van der Waals surface area contributed by atoms with Crippen LogP contribution in [-0.4, -0.2) is 10.8 Å². The SMILES string of the molecule is Cc1ccccc1C(=O)c1cc2ccccc2[nH]1. The number of fused-ring (bicyclic) bond motifs is 1. The number of benzene rings is 2. The van der Waals surface area contributed by atoms with E-state index in [1.165, 1.54) is 0 Å². The van der Waals surface area contributed by atoms with Crippen LogP contribution in [-0.2, 0) is 0 Å². The molecule has 88 valence electrons. The summed E-state index contributed by atoms with van der Waals surface area (Å²) in [6.45, 7) is 1.95. The van der Waals surface area contributed by atoms with E-state index in [9.17, 15) is 4.79 Å². The van der Waals surface area contributed by atoms with E-state index in [0.29, 0.717) is 5.69 Å². The van der Waals surface area contributed by atoms with Crippen LogP contribution in [0.15, 0.2) is 54.6 Å². The largest absolute Gasteiger partial charge is 0.352 e. The summed E-state index contributed by atoms with van der Waals surface area (Å²) in [5, 5.41) is 1.06. The van der Waals surface area contributed by atoms with Gasteiger partial charge in [-0.05, 0) is 24.6 Å². The van der Waals surface area contributed by atoms with Crippen LogP contribution in [0.25, 0.3) is 10.9 Å². The maximum Gasteiger partial charge on any atom is 0.209 e. The first-order chi connectivity index (χ1) is 8.75. The van der Waals surface area contributed by atoms with Gasteiger partial charge in [0.1, 0.15) is 0 Å².